The number of nitrogens with one attached hydrogen (secondary N) is 2. The molecule has 2 aromatic rings. The molecule has 6 heteroatoms. The van der Waals surface area contributed by atoms with Crippen molar-refractivity contribution in [3.63, 3.8) is 0 Å². The fraction of sp³-hybridized carbons (Fsp3) is 0.615. The van der Waals surface area contributed by atoms with Crippen molar-refractivity contribution in [1.82, 2.24) is 24.9 Å². The van der Waals surface area contributed by atoms with E-state index in [1.807, 2.05) is 0 Å². The summed E-state index contributed by atoms with van der Waals surface area (Å²) in [6.45, 7) is 8.11. The minimum Gasteiger partial charge on any atom is -0.316 e. The fourth-order valence-corrected chi connectivity index (χ4v) is 2.67. The Bertz CT molecular complexity index is 657. The van der Waals surface area contributed by atoms with Crippen molar-refractivity contribution in [3.8, 4) is 0 Å². The quantitative estimate of drug-likeness (QED) is 0.841. The first kappa shape index (κ1) is 12.3. The van der Waals surface area contributed by atoms with Crippen LogP contribution in [0.4, 0.5) is 0 Å². The second kappa shape index (κ2) is 4.45. The van der Waals surface area contributed by atoms with Crippen molar-refractivity contribution in [2.75, 3.05) is 13.1 Å². The summed E-state index contributed by atoms with van der Waals surface area (Å²) in [6.07, 6.45) is 1.60. The zero-order valence-corrected chi connectivity index (χ0v) is 11.5. The Hall–Kier alpha value is -1.69. The lowest BCUT2D eigenvalue weighted by Crippen LogP contribution is -2.22. The highest BCUT2D eigenvalue weighted by Crippen LogP contribution is 2.24. The van der Waals surface area contributed by atoms with Gasteiger partial charge in [-0.25, -0.2) is 9.50 Å². The molecule has 0 spiro atoms. The molecule has 0 aromatic carbocycles. The molecule has 2 aromatic heterocycles. The van der Waals surface area contributed by atoms with Crippen LogP contribution in [-0.4, -0.2) is 32.7 Å². The van der Waals surface area contributed by atoms with E-state index >= 15 is 0 Å². The standard InChI is InChI=1S/C13H19N5O/c1-7(2)12-15-6-10-13(19)16-11(17-18(10)12)9-5-14-4-8(9)3/h6-9,14H,4-5H2,1-3H3,(H,16,17,19). The molecule has 0 aliphatic carbocycles. The first-order valence-electron chi connectivity index (χ1n) is 6.76. The van der Waals surface area contributed by atoms with Crippen LogP contribution in [-0.2, 0) is 0 Å². The van der Waals surface area contributed by atoms with E-state index in [-0.39, 0.29) is 17.4 Å². The van der Waals surface area contributed by atoms with Gasteiger partial charge in [-0.3, -0.25) is 4.79 Å². The van der Waals surface area contributed by atoms with Gasteiger partial charge < -0.3 is 10.3 Å². The van der Waals surface area contributed by atoms with Gasteiger partial charge in [0, 0.05) is 18.4 Å². The van der Waals surface area contributed by atoms with Crippen molar-refractivity contribution in [3.05, 3.63) is 28.2 Å². The normalized spacial score (nSPS) is 23.6. The second-order valence-corrected chi connectivity index (χ2v) is 5.65. The van der Waals surface area contributed by atoms with Crippen LogP contribution in [0.2, 0.25) is 0 Å². The second-order valence-electron chi connectivity index (χ2n) is 5.65. The van der Waals surface area contributed by atoms with Gasteiger partial charge in [0.1, 0.15) is 11.6 Å². The summed E-state index contributed by atoms with van der Waals surface area (Å²) in [4.78, 5) is 19.3. The highest BCUT2D eigenvalue weighted by atomic mass is 16.1. The van der Waals surface area contributed by atoms with Gasteiger partial charge in [0.15, 0.2) is 5.52 Å². The third kappa shape index (κ3) is 1.96. The predicted octanol–water partition coefficient (Wildman–Crippen LogP) is 0.864. The molecule has 3 heterocycles. The van der Waals surface area contributed by atoms with E-state index in [4.69, 9.17) is 0 Å². The first-order chi connectivity index (χ1) is 9.08. The van der Waals surface area contributed by atoms with Gasteiger partial charge in [-0.15, -0.1) is 0 Å². The number of aromatic amines is 1. The summed E-state index contributed by atoms with van der Waals surface area (Å²) < 4.78 is 1.70. The van der Waals surface area contributed by atoms with Gasteiger partial charge >= 0.3 is 0 Å². The Labute approximate surface area is 111 Å². The Morgan fingerprint density at radius 1 is 1.42 bits per heavy atom. The molecule has 19 heavy (non-hydrogen) atoms. The lowest BCUT2D eigenvalue weighted by Gasteiger charge is -2.13. The van der Waals surface area contributed by atoms with E-state index < -0.39 is 0 Å². The van der Waals surface area contributed by atoms with Crippen LogP contribution >= 0.6 is 0 Å². The van der Waals surface area contributed by atoms with Crippen LogP contribution in [0.3, 0.4) is 0 Å². The molecule has 1 fully saturated rings. The summed E-state index contributed by atoms with van der Waals surface area (Å²) in [6, 6.07) is 0. The number of nitrogens with zero attached hydrogens (tertiary/aromatic N) is 3. The highest BCUT2D eigenvalue weighted by molar-refractivity contribution is 5.42. The predicted molar refractivity (Wildman–Crippen MR) is 72.5 cm³/mol. The molecule has 2 N–H and O–H groups in total. The van der Waals surface area contributed by atoms with Gasteiger partial charge in [-0.1, -0.05) is 20.8 Å². The minimum absolute atomic E-state index is 0.108. The molecule has 0 radical (unpaired) electrons. The van der Waals surface area contributed by atoms with Gasteiger partial charge in [0.2, 0.25) is 0 Å². The summed E-state index contributed by atoms with van der Waals surface area (Å²) in [5, 5.41) is 7.94. The summed E-state index contributed by atoms with van der Waals surface area (Å²) in [5.74, 6) is 2.57. The monoisotopic (exact) mass is 261 g/mol. The molecular weight excluding hydrogens is 242 g/mol. The smallest absolute Gasteiger partial charge is 0.276 e. The molecule has 0 amide bonds. The third-order valence-electron chi connectivity index (χ3n) is 3.83. The molecule has 2 unspecified atom stereocenters. The molecule has 1 saturated heterocycles. The van der Waals surface area contributed by atoms with Gasteiger partial charge in [-0.05, 0) is 12.5 Å². The van der Waals surface area contributed by atoms with Crippen molar-refractivity contribution >= 4 is 5.52 Å². The molecule has 1 aliphatic heterocycles. The lowest BCUT2D eigenvalue weighted by atomic mass is 9.97. The van der Waals surface area contributed by atoms with Crippen LogP contribution in [0, 0.1) is 5.92 Å². The van der Waals surface area contributed by atoms with E-state index in [0.717, 1.165) is 24.7 Å². The topological polar surface area (TPSA) is 75.1 Å². The van der Waals surface area contributed by atoms with E-state index in [2.05, 4.69) is 41.2 Å². The van der Waals surface area contributed by atoms with Crippen molar-refractivity contribution < 1.29 is 0 Å². The molecule has 6 nitrogen and oxygen atoms in total. The largest absolute Gasteiger partial charge is 0.316 e. The average Bonchev–Trinajstić information content (AvgIpc) is 2.94. The van der Waals surface area contributed by atoms with E-state index in [1.165, 1.54) is 0 Å². The fourth-order valence-electron chi connectivity index (χ4n) is 2.67. The van der Waals surface area contributed by atoms with E-state index in [9.17, 15) is 4.79 Å². The lowest BCUT2D eigenvalue weighted by molar-refractivity contribution is 0.529. The maximum atomic E-state index is 12.1. The summed E-state index contributed by atoms with van der Waals surface area (Å²) in [5.41, 5.74) is 0.412. The van der Waals surface area contributed by atoms with Crippen LogP contribution in [0.15, 0.2) is 11.0 Å². The van der Waals surface area contributed by atoms with Gasteiger partial charge in [-0.2, -0.15) is 5.10 Å². The molecule has 1 aliphatic rings. The third-order valence-corrected chi connectivity index (χ3v) is 3.83. The molecule has 3 rings (SSSR count). The van der Waals surface area contributed by atoms with Crippen molar-refractivity contribution in [2.45, 2.75) is 32.6 Å². The number of H-pyrrole nitrogens is 1. The molecule has 0 bridgehead atoms. The number of imidazole rings is 1. The molecule has 102 valence electrons. The number of fused-ring (bicyclic) bond motifs is 1. The van der Waals surface area contributed by atoms with Gasteiger partial charge in [0.05, 0.1) is 6.20 Å². The molecule has 2 atom stereocenters. The Balaban J connectivity index is 2.17. The number of aromatic nitrogens is 4. The minimum atomic E-state index is -0.108. The van der Waals surface area contributed by atoms with E-state index in [1.54, 1.807) is 10.7 Å². The summed E-state index contributed by atoms with van der Waals surface area (Å²) >= 11 is 0. The SMILES string of the molecule is CC(C)c1ncc2c(=O)[nH]c(C3CNCC3C)nn12. The number of hydrogen-bond donors (Lipinski definition) is 2. The highest BCUT2D eigenvalue weighted by Gasteiger charge is 2.27. The maximum Gasteiger partial charge on any atom is 0.276 e. The van der Waals surface area contributed by atoms with Gasteiger partial charge in [0.25, 0.3) is 5.56 Å². The van der Waals surface area contributed by atoms with Crippen LogP contribution in [0.25, 0.3) is 5.52 Å². The summed E-state index contributed by atoms with van der Waals surface area (Å²) in [7, 11) is 0. The molecule has 0 saturated carbocycles. The maximum absolute atomic E-state index is 12.1. The molecular formula is C13H19N5O. The van der Waals surface area contributed by atoms with Crippen LogP contribution in [0.1, 0.15) is 44.3 Å². The Morgan fingerprint density at radius 2 is 2.21 bits per heavy atom. The Morgan fingerprint density at radius 3 is 2.84 bits per heavy atom. The van der Waals surface area contributed by atoms with Crippen molar-refractivity contribution in [2.24, 2.45) is 5.92 Å². The number of rotatable bonds is 2. The first-order valence-corrected chi connectivity index (χ1v) is 6.76. The average molecular weight is 261 g/mol. The van der Waals surface area contributed by atoms with Crippen LogP contribution in [0.5, 0.6) is 0 Å². The number of hydrogen-bond acceptors (Lipinski definition) is 4. The van der Waals surface area contributed by atoms with Crippen LogP contribution < -0.4 is 10.9 Å². The van der Waals surface area contributed by atoms with E-state index in [0.29, 0.717) is 11.4 Å². The Kier molecular flexibility index (Phi) is 2.89. The van der Waals surface area contributed by atoms with Crippen molar-refractivity contribution in [1.29, 1.82) is 0 Å². The zero-order valence-electron chi connectivity index (χ0n) is 11.5. The zero-order chi connectivity index (χ0) is 13.6.